The topological polar surface area (TPSA) is 150 Å². The first-order valence-corrected chi connectivity index (χ1v) is 22.7. The van der Waals surface area contributed by atoms with Crippen molar-refractivity contribution in [2.24, 2.45) is 0 Å². The molecule has 4 heterocycles. The third-order valence-electron chi connectivity index (χ3n) is 9.11. The summed E-state index contributed by atoms with van der Waals surface area (Å²) in [6, 6.07) is 11.8. The zero-order chi connectivity index (χ0) is 40.8. The lowest BCUT2D eigenvalue weighted by Gasteiger charge is -2.29. The SMILES string of the molecule is C=Cc1cn(COCC[Si](C)(C)C)c(C(=O)Nc2cccc(-c3nccc(-c4ccc(CN(C[C@@H]5CCC(=O)N5)C(=O)OC(C)(C)C)c(OC)n4)c3Cl)c2C)n1. The summed E-state index contributed by atoms with van der Waals surface area (Å²) >= 11 is 7.09. The van der Waals surface area contributed by atoms with Crippen LogP contribution in [0.1, 0.15) is 61.1 Å². The van der Waals surface area contributed by atoms with E-state index in [0.717, 1.165) is 17.2 Å². The molecule has 1 aliphatic heterocycles. The highest BCUT2D eigenvalue weighted by molar-refractivity contribution is 6.76. The van der Waals surface area contributed by atoms with E-state index in [4.69, 9.17) is 30.8 Å². The van der Waals surface area contributed by atoms with Crippen LogP contribution in [0.2, 0.25) is 30.7 Å². The molecule has 15 heteroatoms. The summed E-state index contributed by atoms with van der Waals surface area (Å²) in [6.45, 7) is 19.2. The fourth-order valence-electron chi connectivity index (χ4n) is 6.12. The number of hydrogen-bond donors (Lipinski definition) is 2. The minimum atomic E-state index is -1.27. The first-order valence-electron chi connectivity index (χ1n) is 18.6. The molecule has 0 aliphatic carbocycles. The molecule has 2 N–H and O–H groups in total. The first-order chi connectivity index (χ1) is 26.5. The summed E-state index contributed by atoms with van der Waals surface area (Å²) in [7, 11) is 0.240. The van der Waals surface area contributed by atoms with Crippen molar-refractivity contribution >= 4 is 49.3 Å². The van der Waals surface area contributed by atoms with Gasteiger partial charge in [0.15, 0.2) is 0 Å². The van der Waals surface area contributed by atoms with Gasteiger partial charge in [0, 0.05) is 68.5 Å². The van der Waals surface area contributed by atoms with Crippen LogP contribution in [-0.4, -0.2) is 82.3 Å². The van der Waals surface area contributed by atoms with Gasteiger partial charge in [-0.25, -0.2) is 14.8 Å². The van der Waals surface area contributed by atoms with Crippen molar-refractivity contribution in [3.8, 4) is 28.4 Å². The fraction of sp³-hybridized carbons (Fsp3) is 0.415. The summed E-state index contributed by atoms with van der Waals surface area (Å²) in [6.07, 6.45) is 5.53. The molecule has 56 heavy (non-hydrogen) atoms. The number of nitrogens with one attached hydrogen (secondary N) is 2. The molecule has 13 nitrogen and oxygen atoms in total. The van der Waals surface area contributed by atoms with Crippen molar-refractivity contribution in [3.63, 3.8) is 0 Å². The molecule has 1 atom stereocenters. The van der Waals surface area contributed by atoms with Crippen LogP contribution in [0, 0.1) is 6.92 Å². The summed E-state index contributed by atoms with van der Waals surface area (Å²) in [5.41, 5.74) is 4.20. The predicted octanol–water partition coefficient (Wildman–Crippen LogP) is 8.20. The van der Waals surface area contributed by atoms with Gasteiger partial charge >= 0.3 is 6.09 Å². The van der Waals surface area contributed by atoms with E-state index in [9.17, 15) is 14.4 Å². The van der Waals surface area contributed by atoms with Gasteiger partial charge in [-0.15, -0.1) is 0 Å². The molecule has 0 unspecified atom stereocenters. The number of anilines is 1. The molecule has 1 saturated heterocycles. The van der Waals surface area contributed by atoms with E-state index in [2.05, 4.69) is 46.8 Å². The molecule has 298 valence electrons. The Balaban J connectivity index is 1.38. The number of aromatic nitrogens is 4. The summed E-state index contributed by atoms with van der Waals surface area (Å²) in [4.78, 5) is 54.3. The van der Waals surface area contributed by atoms with Crippen LogP contribution in [0.25, 0.3) is 28.6 Å². The highest BCUT2D eigenvalue weighted by atomic mass is 35.5. The quantitative estimate of drug-likeness (QED) is 0.0896. The Labute approximate surface area is 334 Å². The maximum atomic E-state index is 13.6. The summed E-state index contributed by atoms with van der Waals surface area (Å²) in [5.74, 6) is 0.0809. The molecular weight excluding hydrogens is 750 g/mol. The first kappa shape index (κ1) is 42.1. The molecule has 0 spiro atoms. The predicted molar refractivity (Wildman–Crippen MR) is 221 cm³/mol. The molecule has 3 amide bonds. The number of carbonyl (C=O) groups excluding carboxylic acids is 3. The highest BCUT2D eigenvalue weighted by Gasteiger charge is 2.30. The second-order valence-electron chi connectivity index (χ2n) is 16.0. The lowest BCUT2D eigenvalue weighted by Crippen LogP contribution is -2.43. The lowest BCUT2D eigenvalue weighted by molar-refractivity contribution is -0.119. The van der Waals surface area contributed by atoms with Crippen LogP contribution in [0.5, 0.6) is 5.88 Å². The van der Waals surface area contributed by atoms with Crippen LogP contribution < -0.4 is 15.4 Å². The summed E-state index contributed by atoms with van der Waals surface area (Å²) in [5, 5.41) is 6.30. The monoisotopic (exact) mass is 801 g/mol. The Kier molecular flexibility index (Phi) is 13.4. The maximum absolute atomic E-state index is 13.6. The number of amides is 3. The van der Waals surface area contributed by atoms with Crippen LogP contribution >= 0.6 is 11.6 Å². The molecule has 0 radical (unpaired) electrons. The zero-order valence-electron chi connectivity index (χ0n) is 33.5. The van der Waals surface area contributed by atoms with Crippen LogP contribution in [0.3, 0.4) is 0 Å². The van der Waals surface area contributed by atoms with Gasteiger partial charge in [0.1, 0.15) is 12.3 Å². The molecule has 4 aromatic rings. The van der Waals surface area contributed by atoms with Gasteiger partial charge in [0.25, 0.3) is 5.91 Å². The van der Waals surface area contributed by atoms with Crippen LogP contribution in [-0.2, 0) is 27.5 Å². The second kappa shape index (κ2) is 17.8. The normalized spacial score (nSPS) is 14.3. The van der Waals surface area contributed by atoms with Gasteiger partial charge in [-0.2, -0.15) is 0 Å². The second-order valence-corrected chi connectivity index (χ2v) is 22.0. The van der Waals surface area contributed by atoms with Crippen molar-refractivity contribution in [2.45, 2.75) is 91.1 Å². The van der Waals surface area contributed by atoms with E-state index in [1.54, 1.807) is 54.8 Å². The van der Waals surface area contributed by atoms with E-state index >= 15 is 0 Å². The molecule has 1 fully saturated rings. The van der Waals surface area contributed by atoms with Crippen molar-refractivity contribution in [2.75, 3.05) is 25.6 Å². The molecule has 0 bridgehead atoms. The lowest BCUT2D eigenvalue weighted by atomic mass is 10.0. The minimum absolute atomic E-state index is 0.0392. The zero-order valence-corrected chi connectivity index (χ0v) is 35.2. The van der Waals surface area contributed by atoms with Gasteiger partial charge < -0.3 is 34.3 Å². The van der Waals surface area contributed by atoms with Crippen molar-refractivity contribution in [1.82, 2.24) is 29.7 Å². The average Bonchev–Trinajstić information content (AvgIpc) is 3.75. The van der Waals surface area contributed by atoms with Gasteiger partial charge in [0.2, 0.25) is 17.6 Å². The molecule has 5 rings (SSSR count). The van der Waals surface area contributed by atoms with Gasteiger partial charge in [-0.3, -0.25) is 14.6 Å². The number of imidazole rings is 1. The number of benzene rings is 1. The molecule has 1 aliphatic rings. The summed E-state index contributed by atoms with van der Waals surface area (Å²) < 4.78 is 19.0. The Bertz CT molecular complexity index is 2090. The smallest absolute Gasteiger partial charge is 0.410 e. The van der Waals surface area contributed by atoms with E-state index < -0.39 is 25.7 Å². The standard InChI is InChI=1S/C41H52ClN7O6Si/c1-10-28-23-49(25-54-20-21-56(7,8)9)37(45-28)38(51)46-32-13-11-12-30(26(32)2)36-35(42)31(18-19-43-36)33-16-14-27(39(47-33)53-6)22-48(40(52)55-41(3,4)5)24-29-15-17-34(50)44-29/h10-14,16,18-19,23,29H,1,15,17,20-22,24-25H2,2-9H3,(H,44,50)(H,46,51)/t29-/m0/s1. The fourth-order valence-corrected chi connectivity index (χ4v) is 7.19. The largest absolute Gasteiger partial charge is 0.481 e. The van der Waals surface area contributed by atoms with Gasteiger partial charge in [-0.1, -0.05) is 50.0 Å². The molecule has 0 saturated carbocycles. The number of carbonyl (C=O) groups is 3. The average molecular weight is 802 g/mol. The maximum Gasteiger partial charge on any atom is 0.410 e. The Morgan fingerprint density at radius 1 is 1.14 bits per heavy atom. The van der Waals surface area contributed by atoms with E-state index in [1.165, 1.54) is 7.11 Å². The number of methoxy groups -OCH3 is 1. The van der Waals surface area contributed by atoms with Crippen molar-refractivity contribution < 1.29 is 28.6 Å². The third kappa shape index (κ3) is 10.8. The Morgan fingerprint density at radius 2 is 1.91 bits per heavy atom. The van der Waals surface area contributed by atoms with Crippen molar-refractivity contribution in [1.29, 1.82) is 0 Å². The number of pyridine rings is 2. The number of hydrogen-bond acceptors (Lipinski definition) is 9. The Hall–Kier alpha value is -5.05. The van der Waals surface area contributed by atoms with Crippen molar-refractivity contribution in [3.05, 3.63) is 83.0 Å². The van der Waals surface area contributed by atoms with E-state index in [1.807, 2.05) is 37.3 Å². The van der Waals surface area contributed by atoms with E-state index in [0.29, 0.717) is 64.2 Å². The van der Waals surface area contributed by atoms with Crippen LogP contribution in [0.15, 0.2) is 55.4 Å². The minimum Gasteiger partial charge on any atom is -0.481 e. The third-order valence-corrected chi connectivity index (χ3v) is 11.2. The van der Waals surface area contributed by atoms with Crippen LogP contribution in [0.4, 0.5) is 10.5 Å². The number of rotatable bonds is 15. The Morgan fingerprint density at radius 3 is 2.57 bits per heavy atom. The molecular formula is C41H52ClN7O6Si. The molecule has 1 aromatic carbocycles. The molecule has 3 aromatic heterocycles. The number of ether oxygens (including phenoxy) is 3. The van der Waals surface area contributed by atoms with E-state index in [-0.39, 0.29) is 37.6 Å². The van der Waals surface area contributed by atoms with Gasteiger partial charge in [0.05, 0.1) is 35.8 Å². The highest BCUT2D eigenvalue weighted by Crippen LogP contribution is 2.38. The number of halogens is 1. The number of nitrogens with zero attached hydrogens (tertiary/aromatic N) is 5. The van der Waals surface area contributed by atoms with Gasteiger partial charge in [-0.05, 0) is 76.1 Å².